The fourth-order valence-electron chi connectivity index (χ4n) is 5.85. The van der Waals surface area contributed by atoms with Gasteiger partial charge in [-0.3, -0.25) is 14.5 Å². The van der Waals surface area contributed by atoms with Gasteiger partial charge in [0.1, 0.15) is 11.4 Å². The summed E-state index contributed by atoms with van der Waals surface area (Å²) in [4.78, 5) is 30.9. The zero-order valence-corrected chi connectivity index (χ0v) is 23.8. The highest BCUT2D eigenvalue weighted by Gasteiger charge is 2.33. The quantitative estimate of drug-likeness (QED) is 0.391. The molecule has 9 heteroatoms. The number of carboxylic acid groups (broad SMARTS) is 1. The van der Waals surface area contributed by atoms with Gasteiger partial charge in [-0.25, -0.2) is 4.79 Å². The normalized spacial score (nSPS) is 16.9. The first-order valence-corrected chi connectivity index (χ1v) is 14.4. The van der Waals surface area contributed by atoms with Crippen LogP contribution >= 0.6 is 0 Å². The molecule has 1 saturated heterocycles. The minimum atomic E-state index is -0.862. The van der Waals surface area contributed by atoms with E-state index in [0.717, 1.165) is 41.6 Å². The van der Waals surface area contributed by atoms with Crippen LogP contribution in [0.3, 0.4) is 0 Å². The number of likely N-dealkylation sites (tertiary alicyclic amines) is 1. The average Bonchev–Trinajstić information content (AvgIpc) is 3.34. The van der Waals surface area contributed by atoms with Gasteiger partial charge in [0.25, 0.3) is 0 Å². The second-order valence-corrected chi connectivity index (χ2v) is 12.0. The number of amides is 1. The summed E-state index contributed by atoms with van der Waals surface area (Å²) in [5.74, 6) is -0.0256. The number of fused-ring (bicyclic) bond motifs is 2. The molecule has 3 heterocycles. The van der Waals surface area contributed by atoms with Crippen LogP contribution in [0, 0.1) is 5.92 Å². The molecule has 1 aliphatic heterocycles. The van der Waals surface area contributed by atoms with Crippen molar-refractivity contribution in [1.82, 2.24) is 19.7 Å². The van der Waals surface area contributed by atoms with E-state index in [9.17, 15) is 14.7 Å². The van der Waals surface area contributed by atoms with E-state index in [4.69, 9.17) is 14.5 Å². The Morgan fingerprint density at radius 1 is 1.10 bits per heavy atom. The third-order valence-electron chi connectivity index (χ3n) is 7.86. The molecule has 1 amide bonds. The Labute approximate surface area is 235 Å². The van der Waals surface area contributed by atoms with Gasteiger partial charge in [0.15, 0.2) is 0 Å². The van der Waals surface area contributed by atoms with Crippen molar-refractivity contribution in [2.45, 2.75) is 83.8 Å². The van der Waals surface area contributed by atoms with Crippen molar-refractivity contribution >= 4 is 23.0 Å². The van der Waals surface area contributed by atoms with Crippen molar-refractivity contribution in [2.24, 2.45) is 5.92 Å². The average molecular weight is 549 g/mol. The van der Waals surface area contributed by atoms with Gasteiger partial charge in [0.2, 0.25) is 0 Å². The number of hydrogen-bond donors (Lipinski definition) is 1. The number of pyridine rings is 1. The highest BCUT2D eigenvalue weighted by atomic mass is 16.6. The minimum Gasteiger partial charge on any atom is -0.493 e. The summed E-state index contributed by atoms with van der Waals surface area (Å²) in [6.07, 6.45) is 8.22. The lowest BCUT2D eigenvalue weighted by atomic mass is 9.87. The molecule has 3 aromatic rings. The zero-order valence-electron chi connectivity index (χ0n) is 23.8. The topological polar surface area (TPSA) is 107 Å². The van der Waals surface area contributed by atoms with Crippen LogP contribution in [0.15, 0.2) is 36.5 Å². The van der Waals surface area contributed by atoms with Gasteiger partial charge in [-0.2, -0.15) is 5.10 Å². The number of ether oxygens (including phenoxy) is 2. The van der Waals surface area contributed by atoms with Crippen molar-refractivity contribution in [3.05, 3.63) is 53.5 Å². The van der Waals surface area contributed by atoms with Gasteiger partial charge >= 0.3 is 12.1 Å². The molecule has 0 spiro atoms. The molecule has 1 atom stereocenters. The second kappa shape index (κ2) is 11.9. The number of carboxylic acids is 1. The monoisotopic (exact) mass is 548 g/mol. The maximum absolute atomic E-state index is 12.5. The molecule has 2 aromatic heterocycles. The maximum Gasteiger partial charge on any atom is 0.410 e. The van der Waals surface area contributed by atoms with E-state index in [1.54, 1.807) is 11.1 Å². The van der Waals surface area contributed by atoms with Gasteiger partial charge in [0, 0.05) is 36.3 Å². The molecule has 1 aliphatic carbocycles. The number of carbonyl (C=O) groups is 2. The molecule has 5 rings (SSSR count). The van der Waals surface area contributed by atoms with E-state index in [1.807, 2.05) is 43.7 Å². The lowest BCUT2D eigenvalue weighted by Crippen LogP contribution is -2.43. The maximum atomic E-state index is 12.5. The number of nitrogens with zero attached hydrogens (tertiary/aromatic N) is 4. The molecule has 1 unspecified atom stereocenters. The van der Waals surface area contributed by atoms with Gasteiger partial charge in [-0.1, -0.05) is 6.07 Å². The van der Waals surface area contributed by atoms with Crippen LogP contribution < -0.4 is 4.74 Å². The summed E-state index contributed by atoms with van der Waals surface area (Å²) >= 11 is 0. The van der Waals surface area contributed by atoms with Gasteiger partial charge < -0.3 is 19.5 Å². The number of rotatable bonds is 8. The molecule has 9 nitrogen and oxygen atoms in total. The van der Waals surface area contributed by atoms with Gasteiger partial charge in [-0.05, 0) is 95.0 Å². The van der Waals surface area contributed by atoms with Gasteiger partial charge in [0.05, 0.1) is 30.8 Å². The van der Waals surface area contributed by atoms with Gasteiger partial charge in [-0.15, -0.1) is 0 Å². The molecular weight excluding hydrogens is 508 g/mol. The molecule has 1 aromatic carbocycles. The van der Waals surface area contributed by atoms with Crippen LogP contribution in [0.5, 0.6) is 5.75 Å². The van der Waals surface area contributed by atoms with E-state index in [-0.39, 0.29) is 24.5 Å². The summed E-state index contributed by atoms with van der Waals surface area (Å²) in [5.41, 5.74) is 4.01. The summed E-state index contributed by atoms with van der Waals surface area (Å²) < 4.78 is 13.4. The van der Waals surface area contributed by atoms with E-state index < -0.39 is 11.6 Å². The second-order valence-electron chi connectivity index (χ2n) is 12.0. The molecule has 0 saturated carbocycles. The van der Waals surface area contributed by atoms with Crippen molar-refractivity contribution in [3.8, 4) is 5.75 Å². The van der Waals surface area contributed by atoms with Crippen molar-refractivity contribution < 1.29 is 24.2 Å². The Balaban J connectivity index is 1.23. The first-order chi connectivity index (χ1) is 19.2. The summed E-state index contributed by atoms with van der Waals surface area (Å²) in [6, 6.07) is 9.86. The Morgan fingerprint density at radius 2 is 1.88 bits per heavy atom. The largest absolute Gasteiger partial charge is 0.493 e. The van der Waals surface area contributed by atoms with Crippen LogP contribution in [0.25, 0.3) is 10.9 Å². The summed E-state index contributed by atoms with van der Waals surface area (Å²) in [5, 5.41) is 15.2. The van der Waals surface area contributed by atoms with E-state index in [2.05, 4.69) is 17.2 Å². The lowest BCUT2D eigenvalue weighted by molar-refractivity contribution is -0.138. The van der Waals surface area contributed by atoms with Crippen molar-refractivity contribution in [2.75, 3.05) is 19.7 Å². The van der Waals surface area contributed by atoms with E-state index >= 15 is 0 Å². The predicted molar refractivity (Wildman–Crippen MR) is 152 cm³/mol. The smallest absolute Gasteiger partial charge is 0.410 e. The van der Waals surface area contributed by atoms with Crippen LogP contribution in [-0.4, -0.2) is 62.1 Å². The number of aryl methyl sites for hydroxylation is 2. The summed E-state index contributed by atoms with van der Waals surface area (Å²) in [6.45, 7) is 7.16. The number of piperidine rings is 1. The summed E-state index contributed by atoms with van der Waals surface area (Å²) in [7, 11) is 0. The number of aliphatic carboxylic acids is 1. The Kier molecular flexibility index (Phi) is 8.28. The first-order valence-electron chi connectivity index (χ1n) is 14.4. The Bertz CT molecular complexity index is 1350. The van der Waals surface area contributed by atoms with E-state index in [0.29, 0.717) is 32.5 Å². The fourth-order valence-corrected chi connectivity index (χ4v) is 5.85. The number of benzene rings is 1. The molecule has 0 bridgehead atoms. The van der Waals surface area contributed by atoms with Crippen LogP contribution in [-0.2, 0) is 28.8 Å². The molecule has 0 radical (unpaired) electrons. The molecule has 40 heavy (non-hydrogen) atoms. The van der Waals surface area contributed by atoms with Crippen LogP contribution in [0.4, 0.5) is 4.79 Å². The number of carbonyl (C=O) groups excluding carboxylic acids is 1. The third-order valence-corrected chi connectivity index (χ3v) is 7.86. The SMILES string of the molecule is CC(C)(C)OC(=O)N1CCC(C(CC(=O)O)n2ncc3cc(OCCc4ccc5c(n4)CCCC5)ccc32)CC1. The van der Waals surface area contributed by atoms with Crippen molar-refractivity contribution in [1.29, 1.82) is 0 Å². The zero-order chi connectivity index (χ0) is 28.3. The number of aromatic nitrogens is 3. The predicted octanol–water partition coefficient (Wildman–Crippen LogP) is 5.59. The molecular formula is C31H40N4O5. The molecule has 1 N–H and O–H groups in total. The highest BCUT2D eigenvalue weighted by Crippen LogP contribution is 2.34. The van der Waals surface area contributed by atoms with Crippen LogP contribution in [0.1, 0.15) is 75.9 Å². The van der Waals surface area contributed by atoms with Crippen LogP contribution in [0.2, 0.25) is 0 Å². The minimum absolute atomic E-state index is 0.0279. The Hall–Kier alpha value is -3.62. The highest BCUT2D eigenvalue weighted by molar-refractivity contribution is 5.80. The molecule has 214 valence electrons. The third kappa shape index (κ3) is 6.74. The Morgan fingerprint density at radius 3 is 2.62 bits per heavy atom. The molecule has 2 aliphatic rings. The lowest BCUT2D eigenvalue weighted by Gasteiger charge is -2.36. The van der Waals surface area contributed by atoms with E-state index in [1.165, 1.54) is 24.1 Å². The fraction of sp³-hybridized carbons (Fsp3) is 0.548. The number of hydrogen-bond acceptors (Lipinski definition) is 6. The van der Waals surface area contributed by atoms with Crippen molar-refractivity contribution in [3.63, 3.8) is 0 Å². The first kappa shape index (κ1) is 27.9. The molecule has 1 fully saturated rings. The standard InChI is InChI=1S/C31H40N4O5/c1-31(2,3)40-30(38)34-15-12-22(13-16-34)28(19-29(36)37)35-27-11-10-25(18-23(27)20-32-35)39-17-14-24-9-8-21-6-4-5-7-26(21)33-24/h8-11,18,20,22,28H,4-7,12-17,19H2,1-3H3,(H,36,37).